The molecule has 0 radical (unpaired) electrons. The topological polar surface area (TPSA) is 55.1 Å². The summed E-state index contributed by atoms with van der Waals surface area (Å²) < 4.78 is 11.5. The molecule has 0 atom stereocenters. The van der Waals surface area contributed by atoms with Gasteiger partial charge in [-0.3, -0.25) is 4.98 Å². The van der Waals surface area contributed by atoms with Gasteiger partial charge in [0.2, 0.25) is 0 Å². The second kappa shape index (κ2) is 7.98. The molecule has 2 aromatic carbocycles. The zero-order chi connectivity index (χ0) is 16.6. The first-order valence-electron chi connectivity index (χ1n) is 7.92. The molecule has 0 spiro atoms. The highest BCUT2D eigenvalue weighted by atomic mass is 16.5. The van der Waals surface area contributed by atoms with E-state index in [0.29, 0.717) is 19.6 Å². The molecule has 4 nitrogen and oxygen atoms in total. The molecule has 1 heterocycles. The predicted octanol–water partition coefficient (Wildman–Crippen LogP) is 4.50. The molecule has 0 fully saturated rings. The molecule has 3 rings (SSSR count). The number of rotatable bonds is 7. The average molecular weight is 318 g/mol. The monoisotopic (exact) mass is 318 g/mol. The Morgan fingerprint density at radius 1 is 0.958 bits per heavy atom. The van der Waals surface area contributed by atoms with Gasteiger partial charge in [0.15, 0.2) is 0 Å². The normalized spacial score (nSPS) is 10.3. The van der Waals surface area contributed by atoms with Gasteiger partial charge in [-0.1, -0.05) is 30.3 Å². The maximum atomic E-state index is 8.53. The smallest absolute Gasteiger partial charge is 0.131 e. The molecule has 24 heavy (non-hydrogen) atoms. The van der Waals surface area contributed by atoms with E-state index in [9.17, 15) is 0 Å². The molecule has 120 valence electrons. The van der Waals surface area contributed by atoms with Crippen LogP contribution in [0.15, 0.2) is 60.8 Å². The van der Waals surface area contributed by atoms with Crippen LogP contribution in [0.2, 0.25) is 0 Å². The van der Waals surface area contributed by atoms with Gasteiger partial charge in [-0.2, -0.15) is 5.26 Å². The summed E-state index contributed by atoms with van der Waals surface area (Å²) in [6.07, 6.45) is 3.03. The lowest BCUT2D eigenvalue weighted by Crippen LogP contribution is -2.00. The number of hydrogen-bond acceptors (Lipinski definition) is 4. The first kappa shape index (κ1) is 15.8. The molecule has 0 aliphatic carbocycles. The van der Waals surface area contributed by atoms with Crippen LogP contribution in [0.3, 0.4) is 0 Å². The van der Waals surface area contributed by atoms with Crippen LogP contribution in [0, 0.1) is 11.3 Å². The number of nitriles is 1. The number of fused-ring (bicyclic) bond motifs is 1. The summed E-state index contributed by atoms with van der Waals surface area (Å²) in [6, 6.07) is 19.8. The summed E-state index contributed by atoms with van der Waals surface area (Å²) in [5.74, 6) is 1.49. The number of unbranched alkanes of at least 4 members (excludes halogenated alkanes) is 1. The molecule has 0 amide bonds. The Bertz CT molecular complexity index is 850. The lowest BCUT2D eigenvalue weighted by molar-refractivity contribution is 0.291. The van der Waals surface area contributed by atoms with E-state index >= 15 is 0 Å². The van der Waals surface area contributed by atoms with E-state index < -0.39 is 0 Å². The molecule has 0 unspecified atom stereocenters. The summed E-state index contributed by atoms with van der Waals surface area (Å²) >= 11 is 0. The van der Waals surface area contributed by atoms with Gasteiger partial charge in [0.25, 0.3) is 0 Å². The lowest BCUT2D eigenvalue weighted by atomic mass is 10.1. The number of hydrogen-bond donors (Lipinski definition) is 0. The van der Waals surface area contributed by atoms with Crippen LogP contribution in [-0.4, -0.2) is 11.6 Å². The van der Waals surface area contributed by atoms with Gasteiger partial charge in [-0.25, -0.2) is 0 Å². The van der Waals surface area contributed by atoms with Crippen molar-refractivity contribution in [2.24, 2.45) is 0 Å². The molecule has 0 saturated carbocycles. The number of ether oxygens (including phenoxy) is 2. The lowest BCUT2D eigenvalue weighted by Gasteiger charge is -2.10. The Kier molecular flexibility index (Phi) is 5.26. The molecule has 0 bridgehead atoms. The average Bonchev–Trinajstić information content (AvgIpc) is 2.64. The third-order valence-corrected chi connectivity index (χ3v) is 3.64. The van der Waals surface area contributed by atoms with Gasteiger partial charge in [0.1, 0.15) is 18.1 Å². The first-order valence-corrected chi connectivity index (χ1v) is 7.92. The minimum atomic E-state index is 0.402. The van der Waals surface area contributed by atoms with E-state index in [-0.39, 0.29) is 0 Å². The van der Waals surface area contributed by atoms with Crippen LogP contribution in [-0.2, 0) is 6.61 Å². The number of aromatic nitrogens is 1. The van der Waals surface area contributed by atoms with Crippen molar-refractivity contribution < 1.29 is 9.47 Å². The Labute approximate surface area is 141 Å². The zero-order valence-electron chi connectivity index (χ0n) is 13.3. The highest BCUT2D eigenvalue weighted by Crippen LogP contribution is 2.22. The third kappa shape index (κ3) is 4.02. The van der Waals surface area contributed by atoms with Crippen LogP contribution in [0.5, 0.6) is 11.5 Å². The fourth-order valence-corrected chi connectivity index (χ4v) is 2.44. The minimum absolute atomic E-state index is 0.402. The van der Waals surface area contributed by atoms with Gasteiger partial charge < -0.3 is 9.47 Å². The zero-order valence-corrected chi connectivity index (χ0v) is 13.3. The molecular formula is C20H18N2O2. The highest BCUT2D eigenvalue weighted by Gasteiger charge is 2.04. The minimum Gasteiger partial charge on any atom is -0.493 e. The SMILES string of the molecule is N#CCCCOc1cccc(OCc2nccc3ccccc23)c1. The van der Waals surface area contributed by atoms with Crippen molar-refractivity contribution in [3.8, 4) is 17.6 Å². The largest absolute Gasteiger partial charge is 0.493 e. The Morgan fingerprint density at radius 2 is 1.79 bits per heavy atom. The fraction of sp³-hybridized carbons (Fsp3) is 0.200. The van der Waals surface area contributed by atoms with Crippen LogP contribution in [0.1, 0.15) is 18.5 Å². The van der Waals surface area contributed by atoms with Crippen LogP contribution in [0.4, 0.5) is 0 Å². The molecule has 0 saturated heterocycles. The van der Waals surface area contributed by atoms with E-state index in [0.717, 1.165) is 34.4 Å². The van der Waals surface area contributed by atoms with Gasteiger partial charge >= 0.3 is 0 Å². The van der Waals surface area contributed by atoms with E-state index in [1.54, 1.807) is 6.20 Å². The summed E-state index contributed by atoms with van der Waals surface area (Å²) in [7, 11) is 0. The predicted molar refractivity (Wildman–Crippen MR) is 92.9 cm³/mol. The maximum absolute atomic E-state index is 8.53. The Balaban J connectivity index is 1.65. The third-order valence-electron chi connectivity index (χ3n) is 3.64. The summed E-state index contributed by atoms with van der Waals surface area (Å²) in [4.78, 5) is 4.43. The number of pyridine rings is 1. The molecule has 0 aliphatic rings. The van der Waals surface area contributed by atoms with E-state index in [4.69, 9.17) is 14.7 Å². The summed E-state index contributed by atoms with van der Waals surface area (Å²) in [6.45, 7) is 0.932. The molecular weight excluding hydrogens is 300 g/mol. The number of nitrogens with zero attached hydrogens (tertiary/aromatic N) is 2. The molecule has 4 heteroatoms. The van der Waals surface area contributed by atoms with Crippen molar-refractivity contribution in [1.82, 2.24) is 4.98 Å². The maximum Gasteiger partial charge on any atom is 0.131 e. The summed E-state index contributed by atoms with van der Waals surface area (Å²) in [5, 5.41) is 10.8. The fourth-order valence-electron chi connectivity index (χ4n) is 2.44. The first-order chi connectivity index (χ1) is 11.9. The van der Waals surface area contributed by atoms with Crippen molar-refractivity contribution in [2.75, 3.05) is 6.61 Å². The quantitative estimate of drug-likeness (QED) is 0.602. The van der Waals surface area contributed by atoms with Gasteiger partial charge in [0, 0.05) is 24.1 Å². The second-order valence-corrected chi connectivity index (χ2v) is 5.35. The van der Waals surface area contributed by atoms with Crippen molar-refractivity contribution in [3.05, 3.63) is 66.5 Å². The van der Waals surface area contributed by atoms with Gasteiger partial charge in [-0.15, -0.1) is 0 Å². The van der Waals surface area contributed by atoms with E-state index in [1.807, 2.05) is 42.5 Å². The Hall–Kier alpha value is -3.06. The molecule has 3 aromatic rings. The van der Waals surface area contributed by atoms with E-state index in [1.165, 1.54) is 0 Å². The van der Waals surface area contributed by atoms with Crippen molar-refractivity contribution in [1.29, 1.82) is 5.26 Å². The van der Waals surface area contributed by atoms with E-state index in [2.05, 4.69) is 23.2 Å². The molecule has 0 N–H and O–H groups in total. The van der Waals surface area contributed by atoms with Crippen LogP contribution in [0.25, 0.3) is 10.8 Å². The van der Waals surface area contributed by atoms with Gasteiger partial charge in [0.05, 0.1) is 18.4 Å². The second-order valence-electron chi connectivity index (χ2n) is 5.35. The Morgan fingerprint density at radius 3 is 2.67 bits per heavy atom. The standard InChI is InChI=1S/C20H18N2O2/c21-11-3-4-13-23-17-7-5-8-18(14-17)24-15-20-19-9-2-1-6-16(19)10-12-22-20/h1-2,5-10,12,14H,3-4,13,15H2. The van der Waals surface area contributed by atoms with Crippen molar-refractivity contribution in [3.63, 3.8) is 0 Å². The highest BCUT2D eigenvalue weighted by molar-refractivity contribution is 5.84. The van der Waals surface area contributed by atoms with Crippen LogP contribution < -0.4 is 9.47 Å². The van der Waals surface area contributed by atoms with Crippen molar-refractivity contribution in [2.45, 2.75) is 19.4 Å². The van der Waals surface area contributed by atoms with Gasteiger partial charge in [-0.05, 0) is 30.0 Å². The molecule has 1 aromatic heterocycles. The van der Waals surface area contributed by atoms with Crippen LogP contribution >= 0.6 is 0 Å². The molecule has 0 aliphatic heterocycles. The van der Waals surface area contributed by atoms with Crippen molar-refractivity contribution >= 4 is 10.8 Å². The summed E-state index contributed by atoms with van der Waals surface area (Å²) in [5.41, 5.74) is 0.911. The number of benzene rings is 2.